The van der Waals surface area contributed by atoms with E-state index in [-0.39, 0.29) is 18.6 Å². The molecule has 0 aromatic heterocycles. The van der Waals surface area contributed by atoms with Gasteiger partial charge in [0.2, 0.25) is 0 Å². The standard InChI is InChI=1S/C14H20N2O3/c1-10-6-5-7-11(2)14(10)16(12(3)8-15-18)13(17)9-19-4/h5-8,12,18H,9H2,1-4H3. The van der Waals surface area contributed by atoms with E-state index in [9.17, 15) is 4.79 Å². The van der Waals surface area contributed by atoms with Gasteiger partial charge in [-0.15, -0.1) is 0 Å². The van der Waals surface area contributed by atoms with Crippen LogP contribution in [0, 0.1) is 13.8 Å². The number of carbonyl (C=O) groups excluding carboxylic acids is 1. The maximum Gasteiger partial charge on any atom is 0.253 e. The highest BCUT2D eigenvalue weighted by molar-refractivity contribution is 5.99. The highest BCUT2D eigenvalue weighted by atomic mass is 16.5. The molecule has 0 fully saturated rings. The number of benzene rings is 1. The fourth-order valence-corrected chi connectivity index (χ4v) is 2.10. The number of amides is 1. The van der Waals surface area contributed by atoms with E-state index in [4.69, 9.17) is 9.94 Å². The minimum Gasteiger partial charge on any atom is -0.411 e. The minimum absolute atomic E-state index is 0.0165. The molecule has 0 aliphatic carbocycles. The Morgan fingerprint density at radius 2 is 2.05 bits per heavy atom. The van der Waals surface area contributed by atoms with Gasteiger partial charge in [0.05, 0.1) is 17.9 Å². The van der Waals surface area contributed by atoms with E-state index in [1.54, 1.807) is 11.8 Å². The molecule has 19 heavy (non-hydrogen) atoms. The predicted octanol–water partition coefficient (Wildman–Crippen LogP) is 2.13. The van der Waals surface area contributed by atoms with Gasteiger partial charge in [-0.3, -0.25) is 4.79 Å². The number of rotatable bonds is 5. The van der Waals surface area contributed by atoms with E-state index in [0.29, 0.717) is 0 Å². The Kier molecular flexibility index (Phi) is 5.51. The van der Waals surface area contributed by atoms with Crippen molar-refractivity contribution in [2.75, 3.05) is 18.6 Å². The van der Waals surface area contributed by atoms with Gasteiger partial charge in [0.15, 0.2) is 0 Å². The molecule has 1 unspecified atom stereocenters. The van der Waals surface area contributed by atoms with Crippen LogP contribution in [0.1, 0.15) is 18.1 Å². The largest absolute Gasteiger partial charge is 0.411 e. The maximum absolute atomic E-state index is 12.2. The molecule has 0 radical (unpaired) electrons. The van der Waals surface area contributed by atoms with Gasteiger partial charge in [0, 0.05) is 7.11 Å². The Morgan fingerprint density at radius 3 is 2.53 bits per heavy atom. The van der Waals surface area contributed by atoms with E-state index >= 15 is 0 Å². The van der Waals surface area contributed by atoms with Crippen LogP contribution in [0.15, 0.2) is 23.4 Å². The maximum atomic E-state index is 12.2. The van der Waals surface area contributed by atoms with Gasteiger partial charge >= 0.3 is 0 Å². The zero-order valence-corrected chi connectivity index (χ0v) is 11.8. The third-order valence-corrected chi connectivity index (χ3v) is 2.91. The average molecular weight is 264 g/mol. The number of oxime groups is 1. The van der Waals surface area contributed by atoms with Gasteiger partial charge in [-0.05, 0) is 31.9 Å². The van der Waals surface area contributed by atoms with Crippen molar-refractivity contribution in [2.45, 2.75) is 26.8 Å². The van der Waals surface area contributed by atoms with Crippen molar-refractivity contribution >= 4 is 17.8 Å². The van der Waals surface area contributed by atoms with Crippen LogP contribution in [-0.2, 0) is 9.53 Å². The monoisotopic (exact) mass is 264 g/mol. The zero-order chi connectivity index (χ0) is 14.4. The summed E-state index contributed by atoms with van der Waals surface area (Å²) >= 11 is 0. The van der Waals surface area contributed by atoms with Gasteiger partial charge in [0.1, 0.15) is 6.61 Å². The smallest absolute Gasteiger partial charge is 0.253 e. The van der Waals surface area contributed by atoms with Crippen molar-refractivity contribution in [3.05, 3.63) is 29.3 Å². The number of anilines is 1. The number of carbonyl (C=O) groups is 1. The number of para-hydroxylation sites is 1. The molecule has 5 heteroatoms. The van der Waals surface area contributed by atoms with E-state index in [1.807, 2.05) is 32.0 Å². The first-order valence-corrected chi connectivity index (χ1v) is 6.07. The molecule has 1 N–H and O–H groups in total. The van der Waals surface area contributed by atoms with Crippen LogP contribution in [0.2, 0.25) is 0 Å². The molecule has 1 amide bonds. The number of hydrogen-bond acceptors (Lipinski definition) is 4. The van der Waals surface area contributed by atoms with Crippen molar-refractivity contribution in [2.24, 2.45) is 5.16 Å². The lowest BCUT2D eigenvalue weighted by molar-refractivity contribution is -0.122. The Morgan fingerprint density at radius 1 is 1.47 bits per heavy atom. The highest BCUT2D eigenvalue weighted by Gasteiger charge is 2.23. The summed E-state index contributed by atoms with van der Waals surface area (Å²) in [7, 11) is 1.48. The molecule has 0 aliphatic rings. The molecule has 0 spiro atoms. The topological polar surface area (TPSA) is 62.1 Å². The third kappa shape index (κ3) is 3.54. The normalized spacial score (nSPS) is 12.6. The predicted molar refractivity (Wildman–Crippen MR) is 75.0 cm³/mol. The van der Waals surface area contributed by atoms with E-state index in [0.717, 1.165) is 16.8 Å². The molecule has 0 saturated carbocycles. The lowest BCUT2D eigenvalue weighted by Gasteiger charge is -2.29. The second-order valence-electron chi connectivity index (χ2n) is 4.44. The molecule has 0 saturated heterocycles. The number of hydrogen-bond donors (Lipinski definition) is 1. The van der Waals surface area contributed by atoms with Gasteiger partial charge in [-0.1, -0.05) is 23.4 Å². The molecule has 1 rings (SSSR count). The van der Waals surface area contributed by atoms with Crippen molar-refractivity contribution < 1.29 is 14.7 Å². The van der Waals surface area contributed by atoms with Gasteiger partial charge in [-0.25, -0.2) is 0 Å². The van der Waals surface area contributed by atoms with Crippen LogP contribution in [0.5, 0.6) is 0 Å². The summed E-state index contributed by atoms with van der Waals surface area (Å²) in [4.78, 5) is 13.8. The zero-order valence-electron chi connectivity index (χ0n) is 11.8. The average Bonchev–Trinajstić information content (AvgIpc) is 2.34. The van der Waals surface area contributed by atoms with E-state index in [2.05, 4.69) is 5.16 Å². The third-order valence-electron chi connectivity index (χ3n) is 2.91. The Balaban J connectivity index is 3.26. The lowest BCUT2D eigenvalue weighted by Crippen LogP contribution is -2.42. The fourth-order valence-electron chi connectivity index (χ4n) is 2.10. The molecule has 5 nitrogen and oxygen atoms in total. The molecule has 0 aliphatic heterocycles. The molecule has 1 aromatic carbocycles. The van der Waals surface area contributed by atoms with Crippen molar-refractivity contribution in [1.29, 1.82) is 0 Å². The first-order valence-electron chi connectivity index (χ1n) is 6.07. The summed E-state index contributed by atoms with van der Waals surface area (Å²) in [5.41, 5.74) is 2.81. The fraction of sp³-hybridized carbons (Fsp3) is 0.429. The summed E-state index contributed by atoms with van der Waals surface area (Å²) in [6, 6.07) is 5.47. The van der Waals surface area contributed by atoms with Crippen LogP contribution < -0.4 is 4.90 Å². The number of ether oxygens (including phenoxy) is 1. The van der Waals surface area contributed by atoms with Gasteiger partial charge < -0.3 is 14.8 Å². The minimum atomic E-state index is -0.354. The van der Waals surface area contributed by atoms with Crippen molar-refractivity contribution in [1.82, 2.24) is 0 Å². The number of nitrogens with zero attached hydrogens (tertiary/aromatic N) is 2. The van der Waals surface area contributed by atoms with Crippen LogP contribution in [0.4, 0.5) is 5.69 Å². The van der Waals surface area contributed by atoms with E-state index in [1.165, 1.54) is 13.3 Å². The second kappa shape index (κ2) is 6.89. The Hall–Kier alpha value is -1.88. The van der Waals surface area contributed by atoms with Crippen LogP contribution in [-0.4, -0.2) is 37.1 Å². The molecular formula is C14H20N2O3. The molecule has 0 bridgehead atoms. The first kappa shape index (κ1) is 15.2. The second-order valence-corrected chi connectivity index (χ2v) is 4.44. The van der Waals surface area contributed by atoms with Crippen LogP contribution in [0.25, 0.3) is 0 Å². The van der Waals surface area contributed by atoms with Crippen LogP contribution >= 0.6 is 0 Å². The van der Waals surface area contributed by atoms with Gasteiger partial charge in [-0.2, -0.15) is 0 Å². The van der Waals surface area contributed by atoms with Crippen LogP contribution in [0.3, 0.4) is 0 Å². The lowest BCUT2D eigenvalue weighted by atomic mass is 10.1. The van der Waals surface area contributed by atoms with Gasteiger partial charge in [0.25, 0.3) is 5.91 Å². The summed E-state index contributed by atoms with van der Waals surface area (Å²) in [5, 5.41) is 11.7. The summed E-state index contributed by atoms with van der Waals surface area (Å²) < 4.78 is 4.92. The molecule has 0 heterocycles. The van der Waals surface area contributed by atoms with E-state index < -0.39 is 0 Å². The number of methoxy groups -OCH3 is 1. The Bertz CT molecular complexity index is 452. The first-order chi connectivity index (χ1) is 9.02. The van der Waals surface area contributed by atoms with Crippen molar-refractivity contribution in [3.63, 3.8) is 0 Å². The quantitative estimate of drug-likeness (QED) is 0.503. The molecular weight excluding hydrogens is 244 g/mol. The number of aryl methyl sites for hydroxylation is 2. The Labute approximate surface area is 113 Å². The highest BCUT2D eigenvalue weighted by Crippen LogP contribution is 2.26. The molecule has 1 aromatic rings. The van der Waals surface area contributed by atoms with Crippen molar-refractivity contribution in [3.8, 4) is 0 Å². The summed E-state index contributed by atoms with van der Waals surface area (Å²) in [6.45, 7) is 5.66. The molecule has 104 valence electrons. The SMILES string of the molecule is COCC(=O)N(c1c(C)cccc1C)C(C)C=NO. The summed E-state index contributed by atoms with van der Waals surface area (Å²) in [6.07, 6.45) is 1.32. The summed E-state index contributed by atoms with van der Waals surface area (Å²) in [5.74, 6) is -0.174. The molecule has 1 atom stereocenters.